The Morgan fingerprint density at radius 3 is 2.58 bits per heavy atom. The van der Waals surface area contributed by atoms with Crippen LogP contribution < -0.4 is 5.32 Å². The van der Waals surface area contributed by atoms with Crippen molar-refractivity contribution in [3.63, 3.8) is 0 Å². The maximum Gasteiger partial charge on any atom is 0.126 e. The Bertz CT molecular complexity index is 572. The van der Waals surface area contributed by atoms with Gasteiger partial charge in [0.25, 0.3) is 0 Å². The number of aliphatic hydroxyl groups is 1. The number of rotatable bonds is 4. The van der Waals surface area contributed by atoms with Crippen LogP contribution in [0.15, 0.2) is 42.5 Å². The molecule has 2 aromatic carbocycles. The molecule has 4 heteroatoms. The van der Waals surface area contributed by atoms with Crippen LogP contribution in [-0.4, -0.2) is 11.7 Å². The second-order valence-electron chi connectivity index (χ2n) is 4.40. The van der Waals surface area contributed by atoms with E-state index in [1.165, 1.54) is 18.2 Å². The SMILES string of the molecule is Cc1ccc(C(CO)Nc2cccc(F)c2)cc1F. The van der Waals surface area contributed by atoms with Crippen molar-refractivity contribution in [1.29, 1.82) is 0 Å². The molecular weight excluding hydrogens is 248 g/mol. The van der Waals surface area contributed by atoms with Gasteiger partial charge in [0.2, 0.25) is 0 Å². The topological polar surface area (TPSA) is 32.3 Å². The standard InChI is InChI=1S/C15H15F2NO/c1-10-5-6-11(7-14(10)17)15(9-19)18-13-4-2-3-12(16)8-13/h2-8,15,18-19H,9H2,1H3. The van der Waals surface area contributed by atoms with E-state index in [0.29, 0.717) is 16.8 Å². The fourth-order valence-corrected chi connectivity index (χ4v) is 1.84. The summed E-state index contributed by atoms with van der Waals surface area (Å²) in [6, 6.07) is 10.2. The van der Waals surface area contributed by atoms with Crippen molar-refractivity contribution in [2.75, 3.05) is 11.9 Å². The van der Waals surface area contributed by atoms with Crippen LogP contribution in [0, 0.1) is 18.6 Å². The average molecular weight is 263 g/mol. The summed E-state index contributed by atoms with van der Waals surface area (Å²) in [5.41, 5.74) is 1.71. The highest BCUT2D eigenvalue weighted by Gasteiger charge is 2.12. The minimum atomic E-state index is -0.475. The van der Waals surface area contributed by atoms with Crippen molar-refractivity contribution in [2.45, 2.75) is 13.0 Å². The molecule has 19 heavy (non-hydrogen) atoms. The van der Waals surface area contributed by atoms with E-state index < -0.39 is 6.04 Å². The predicted molar refractivity (Wildman–Crippen MR) is 71.0 cm³/mol. The molecule has 0 fully saturated rings. The maximum atomic E-state index is 13.5. The monoisotopic (exact) mass is 263 g/mol. The Kier molecular flexibility index (Phi) is 4.12. The number of nitrogens with one attached hydrogen (secondary N) is 1. The van der Waals surface area contributed by atoms with Gasteiger partial charge in [0, 0.05) is 5.69 Å². The molecule has 0 aliphatic rings. The smallest absolute Gasteiger partial charge is 0.126 e. The van der Waals surface area contributed by atoms with Gasteiger partial charge in [-0.05, 0) is 42.3 Å². The van der Waals surface area contributed by atoms with Gasteiger partial charge in [-0.25, -0.2) is 8.78 Å². The third-order valence-electron chi connectivity index (χ3n) is 2.95. The van der Waals surface area contributed by atoms with Gasteiger partial charge >= 0.3 is 0 Å². The van der Waals surface area contributed by atoms with Crippen molar-refractivity contribution in [3.05, 3.63) is 65.2 Å². The first kappa shape index (κ1) is 13.5. The predicted octanol–water partition coefficient (Wildman–Crippen LogP) is 3.42. The normalized spacial score (nSPS) is 12.2. The second kappa shape index (κ2) is 5.80. The van der Waals surface area contributed by atoms with Crippen LogP contribution in [0.4, 0.5) is 14.5 Å². The number of hydrogen-bond acceptors (Lipinski definition) is 2. The van der Waals surface area contributed by atoms with Crippen LogP contribution in [0.3, 0.4) is 0 Å². The minimum Gasteiger partial charge on any atom is -0.394 e. The first-order chi connectivity index (χ1) is 9.10. The van der Waals surface area contributed by atoms with Gasteiger partial charge in [0.1, 0.15) is 11.6 Å². The Hall–Kier alpha value is -1.94. The molecule has 0 aromatic heterocycles. The maximum absolute atomic E-state index is 13.5. The van der Waals surface area contributed by atoms with Gasteiger partial charge in [0.05, 0.1) is 12.6 Å². The molecule has 0 aliphatic heterocycles. The summed E-state index contributed by atoms with van der Waals surface area (Å²) in [5.74, 6) is -0.686. The Morgan fingerprint density at radius 2 is 1.95 bits per heavy atom. The lowest BCUT2D eigenvalue weighted by Gasteiger charge is -2.18. The Balaban J connectivity index is 2.22. The van der Waals surface area contributed by atoms with E-state index in [4.69, 9.17) is 0 Å². The van der Waals surface area contributed by atoms with Crippen molar-refractivity contribution >= 4 is 5.69 Å². The summed E-state index contributed by atoms with van der Waals surface area (Å²) in [5, 5.41) is 12.4. The van der Waals surface area contributed by atoms with E-state index in [1.807, 2.05) is 0 Å². The van der Waals surface area contributed by atoms with Crippen molar-refractivity contribution < 1.29 is 13.9 Å². The lowest BCUT2D eigenvalue weighted by molar-refractivity contribution is 0.276. The molecule has 2 N–H and O–H groups in total. The molecular formula is C15H15F2NO. The number of halogens is 2. The molecule has 0 radical (unpaired) electrons. The van der Waals surface area contributed by atoms with E-state index in [0.717, 1.165) is 0 Å². The summed E-state index contributed by atoms with van der Waals surface area (Å²) >= 11 is 0. The zero-order valence-electron chi connectivity index (χ0n) is 10.5. The van der Waals surface area contributed by atoms with Gasteiger partial charge in [-0.2, -0.15) is 0 Å². The molecule has 0 saturated heterocycles. The molecule has 2 rings (SSSR count). The third kappa shape index (κ3) is 3.29. The summed E-state index contributed by atoms with van der Waals surface area (Å²) < 4.78 is 26.6. The van der Waals surface area contributed by atoms with E-state index in [2.05, 4.69) is 5.32 Å². The summed E-state index contributed by atoms with van der Waals surface area (Å²) in [6.07, 6.45) is 0. The fraction of sp³-hybridized carbons (Fsp3) is 0.200. The molecule has 2 nitrogen and oxygen atoms in total. The highest BCUT2D eigenvalue weighted by molar-refractivity contribution is 5.46. The van der Waals surface area contributed by atoms with E-state index >= 15 is 0 Å². The van der Waals surface area contributed by atoms with Crippen molar-refractivity contribution in [1.82, 2.24) is 0 Å². The molecule has 1 atom stereocenters. The fourth-order valence-electron chi connectivity index (χ4n) is 1.84. The first-order valence-electron chi connectivity index (χ1n) is 5.99. The van der Waals surface area contributed by atoms with Gasteiger partial charge in [-0.3, -0.25) is 0 Å². The van der Waals surface area contributed by atoms with Crippen LogP contribution in [0.1, 0.15) is 17.2 Å². The molecule has 0 spiro atoms. The van der Waals surface area contributed by atoms with E-state index in [-0.39, 0.29) is 18.2 Å². The average Bonchev–Trinajstić information content (AvgIpc) is 2.39. The summed E-state index contributed by atoms with van der Waals surface area (Å²) in [4.78, 5) is 0. The quantitative estimate of drug-likeness (QED) is 0.886. The van der Waals surface area contributed by atoms with Crippen LogP contribution >= 0.6 is 0 Å². The molecule has 0 bridgehead atoms. The second-order valence-corrected chi connectivity index (χ2v) is 4.40. The van der Waals surface area contributed by atoms with Crippen LogP contribution in [0.25, 0.3) is 0 Å². The highest BCUT2D eigenvalue weighted by atomic mass is 19.1. The number of aryl methyl sites for hydroxylation is 1. The van der Waals surface area contributed by atoms with Crippen molar-refractivity contribution in [3.8, 4) is 0 Å². The van der Waals surface area contributed by atoms with Crippen LogP contribution in [0.2, 0.25) is 0 Å². The van der Waals surface area contributed by atoms with Gasteiger partial charge in [-0.15, -0.1) is 0 Å². The molecule has 0 saturated carbocycles. The molecule has 1 unspecified atom stereocenters. The van der Waals surface area contributed by atoms with Gasteiger partial charge in [0.15, 0.2) is 0 Å². The van der Waals surface area contributed by atoms with Crippen LogP contribution in [-0.2, 0) is 0 Å². The summed E-state index contributed by atoms with van der Waals surface area (Å²) in [7, 11) is 0. The number of hydrogen-bond donors (Lipinski definition) is 2. The highest BCUT2D eigenvalue weighted by Crippen LogP contribution is 2.21. The summed E-state index contributed by atoms with van der Waals surface area (Å²) in [6.45, 7) is 1.46. The van der Waals surface area contributed by atoms with E-state index in [9.17, 15) is 13.9 Å². The molecule has 2 aromatic rings. The van der Waals surface area contributed by atoms with Gasteiger partial charge in [-0.1, -0.05) is 18.2 Å². The zero-order valence-corrected chi connectivity index (χ0v) is 10.5. The largest absolute Gasteiger partial charge is 0.394 e. The Labute approximate surface area is 110 Å². The van der Waals surface area contributed by atoms with Gasteiger partial charge < -0.3 is 10.4 Å². The lowest BCUT2D eigenvalue weighted by atomic mass is 10.0. The molecule has 100 valence electrons. The first-order valence-corrected chi connectivity index (χ1v) is 5.99. The minimum absolute atomic E-state index is 0.209. The third-order valence-corrected chi connectivity index (χ3v) is 2.95. The Morgan fingerprint density at radius 1 is 1.16 bits per heavy atom. The zero-order chi connectivity index (χ0) is 13.8. The molecule has 0 heterocycles. The van der Waals surface area contributed by atoms with Crippen molar-refractivity contribution in [2.24, 2.45) is 0 Å². The van der Waals surface area contributed by atoms with E-state index in [1.54, 1.807) is 31.2 Å². The lowest BCUT2D eigenvalue weighted by Crippen LogP contribution is -2.15. The van der Waals surface area contributed by atoms with Crippen LogP contribution in [0.5, 0.6) is 0 Å². The molecule has 0 amide bonds. The number of benzene rings is 2. The number of anilines is 1. The molecule has 0 aliphatic carbocycles. The number of aliphatic hydroxyl groups excluding tert-OH is 1.